The second-order valence-electron chi connectivity index (χ2n) is 7.86. The van der Waals surface area contributed by atoms with Crippen LogP contribution in [-0.2, 0) is 6.54 Å². The zero-order chi connectivity index (χ0) is 20.6. The van der Waals surface area contributed by atoms with E-state index in [0.29, 0.717) is 24.3 Å². The molecular weight excluding hydrogens is 366 g/mol. The van der Waals surface area contributed by atoms with Crippen LogP contribution >= 0.6 is 0 Å². The number of rotatable bonds is 9. The predicted molar refractivity (Wildman–Crippen MR) is 117 cm³/mol. The fourth-order valence-corrected chi connectivity index (χ4v) is 3.72. The summed E-state index contributed by atoms with van der Waals surface area (Å²) in [5.74, 6) is 3.07. The van der Waals surface area contributed by atoms with Crippen molar-refractivity contribution in [2.24, 2.45) is 5.92 Å². The molecule has 3 rings (SSSR count). The fraction of sp³-hybridized carbons (Fsp3) is 0.545. The summed E-state index contributed by atoms with van der Waals surface area (Å²) < 4.78 is 5.46. The third kappa shape index (κ3) is 6.22. The van der Waals surface area contributed by atoms with Crippen LogP contribution in [0.25, 0.3) is 0 Å². The lowest BCUT2D eigenvalue weighted by molar-refractivity contribution is 0.316. The van der Waals surface area contributed by atoms with E-state index < -0.39 is 0 Å². The van der Waals surface area contributed by atoms with Crippen LogP contribution in [0.4, 0.5) is 11.8 Å². The zero-order valence-electron chi connectivity index (χ0n) is 17.7. The summed E-state index contributed by atoms with van der Waals surface area (Å²) in [4.78, 5) is 10.9. The molecule has 0 unspecified atom stereocenters. The van der Waals surface area contributed by atoms with Crippen molar-refractivity contribution in [3.05, 3.63) is 36.0 Å². The monoisotopic (exact) mass is 399 g/mol. The number of ether oxygens (including phenoxy) is 1. The summed E-state index contributed by atoms with van der Waals surface area (Å²) >= 11 is 0. The lowest BCUT2D eigenvalue weighted by Gasteiger charge is -2.29. The highest BCUT2D eigenvalue weighted by Gasteiger charge is 2.21. The molecule has 29 heavy (non-hydrogen) atoms. The van der Waals surface area contributed by atoms with Crippen LogP contribution in [0.1, 0.15) is 38.2 Å². The van der Waals surface area contributed by atoms with Crippen molar-refractivity contribution in [1.82, 2.24) is 15.3 Å². The molecule has 7 heteroatoms. The van der Waals surface area contributed by atoms with E-state index in [9.17, 15) is 5.11 Å². The quantitative estimate of drug-likeness (QED) is 0.596. The number of benzene rings is 1. The third-order valence-corrected chi connectivity index (χ3v) is 5.37. The van der Waals surface area contributed by atoms with Crippen LogP contribution in [0, 0.1) is 5.92 Å². The molecule has 0 radical (unpaired) electrons. The Hall–Kier alpha value is -2.54. The number of anilines is 2. The zero-order valence-corrected chi connectivity index (χ0v) is 17.7. The number of aromatic nitrogens is 2. The SMILES string of the molecule is CCOc1cc(CNC[C@H]2CC[C@@H](Nc3nccc(N(C)C)n3)CC2)ccc1O. The fourth-order valence-electron chi connectivity index (χ4n) is 3.72. The molecule has 0 saturated heterocycles. The Kier molecular flexibility index (Phi) is 7.52. The smallest absolute Gasteiger partial charge is 0.224 e. The molecule has 1 aromatic heterocycles. The Labute approximate surface area is 173 Å². The van der Waals surface area contributed by atoms with E-state index in [-0.39, 0.29) is 5.75 Å². The first-order valence-corrected chi connectivity index (χ1v) is 10.5. The summed E-state index contributed by atoms with van der Waals surface area (Å²) in [5, 5.41) is 16.9. The maximum Gasteiger partial charge on any atom is 0.224 e. The molecule has 0 bridgehead atoms. The number of phenols is 1. The maximum atomic E-state index is 9.81. The van der Waals surface area contributed by atoms with Gasteiger partial charge >= 0.3 is 0 Å². The second kappa shape index (κ2) is 10.3. The average molecular weight is 400 g/mol. The summed E-state index contributed by atoms with van der Waals surface area (Å²) in [6.45, 7) is 4.25. The highest BCUT2D eigenvalue weighted by Crippen LogP contribution is 2.28. The van der Waals surface area contributed by atoms with Gasteiger partial charge in [0.05, 0.1) is 6.61 Å². The van der Waals surface area contributed by atoms with Crippen molar-refractivity contribution in [2.75, 3.05) is 37.5 Å². The van der Waals surface area contributed by atoms with E-state index in [1.807, 2.05) is 44.1 Å². The first-order chi connectivity index (χ1) is 14.0. The van der Waals surface area contributed by atoms with Gasteiger partial charge in [0.1, 0.15) is 5.82 Å². The summed E-state index contributed by atoms with van der Waals surface area (Å²) in [7, 11) is 3.97. The van der Waals surface area contributed by atoms with Crippen molar-refractivity contribution in [1.29, 1.82) is 0 Å². The van der Waals surface area contributed by atoms with Gasteiger partial charge in [0.15, 0.2) is 11.5 Å². The molecule has 0 spiro atoms. The van der Waals surface area contributed by atoms with Crippen molar-refractivity contribution >= 4 is 11.8 Å². The number of aromatic hydroxyl groups is 1. The van der Waals surface area contributed by atoms with Crippen LogP contribution in [0.2, 0.25) is 0 Å². The number of nitrogens with zero attached hydrogens (tertiary/aromatic N) is 3. The Morgan fingerprint density at radius 3 is 2.69 bits per heavy atom. The van der Waals surface area contributed by atoms with E-state index >= 15 is 0 Å². The highest BCUT2D eigenvalue weighted by molar-refractivity contribution is 5.42. The largest absolute Gasteiger partial charge is 0.504 e. The van der Waals surface area contributed by atoms with Crippen molar-refractivity contribution in [3.63, 3.8) is 0 Å². The van der Waals surface area contributed by atoms with Crippen molar-refractivity contribution in [2.45, 2.75) is 45.2 Å². The van der Waals surface area contributed by atoms with Crippen LogP contribution in [-0.4, -0.2) is 48.4 Å². The molecule has 7 nitrogen and oxygen atoms in total. The van der Waals surface area contributed by atoms with E-state index in [0.717, 1.165) is 43.3 Å². The molecule has 1 fully saturated rings. The molecular formula is C22H33N5O2. The van der Waals surface area contributed by atoms with Gasteiger partial charge in [0.25, 0.3) is 0 Å². The normalized spacial score (nSPS) is 19.0. The average Bonchev–Trinajstić information content (AvgIpc) is 2.72. The summed E-state index contributed by atoms with van der Waals surface area (Å²) in [5.41, 5.74) is 1.12. The summed E-state index contributed by atoms with van der Waals surface area (Å²) in [6, 6.07) is 7.91. The van der Waals surface area contributed by atoms with E-state index in [2.05, 4.69) is 20.6 Å². The highest BCUT2D eigenvalue weighted by atomic mass is 16.5. The van der Waals surface area contributed by atoms with Gasteiger partial charge in [0.2, 0.25) is 5.95 Å². The minimum absolute atomic E-state index is 0.196. The van der Waals surface area contributed by atoms with Gasteiger partial charge in [-0.1, -0.05) is 6.07 Å². The van der Waals surface area contributed by atoms with Crippen molar-refractivity contribution < 1.29 is 9.84 Å². The first kappa shape index (κ1) is 21.2. The van der Waals surface area contributed by atoms with Crippen LogP contribution < -0.4 is 20.3 Å². The standard InChI is InChI=1S/C22H33N5O2/c1-4-29-20-13-17(7-10-19(20)28)15-23-14-16-5-8-18(9-6-16)25-22-24-12-11-21(26-22)27(2)3/h7,10-13,16,18,23,28H,4-6,8-9,14-15H2,1-3H3,(H,24,25,26)/t16-,18+. The third-order valence-electron chi connectivity index (χ3n) is 5.37. The molecule has 158 valence electrons. The minimum atomic E-state index is 0.196. The van der Waals surface area contributed by atoms with E-state index in [1.165, 1.54) is 12.8 Å². The lowest BCUT2D eigenvalue weighted by Crippen LogP contribution is -2.31. The van der Waals surface area contributed by atoms with Gasteiger partial charge in [0, 0.05) is 32.9 Å². The Morgan fingerprint density at radius 1 is 1.17 bits per heavy atom. The van der Waals surface area contributed by atoms with Crippen LogP contribution in [0.15, 0.2) is 30.5 Å². The van der Waals surface area contributed by atoms with E-state index in [4.69, 9.17) is 4.74 Å². The first-order valence-electron chi connectivity index (χ1n) is 10.5. The molecule has 3 N–H and O–H groups in total. The van der Waals surface area contributed by atoms with Crippen molar-refractivity contribution in [3.8, 4) is 11.5 Å². The lowest BCUT2D eigenvalue weighted by atomic mass is 9.86. The van der Waals surface area contributed by atoms with Gasteiger partial charge in [-0.2, -0.15) is 4.98 Å². The van der Waals surface area contributed by atoms with Gasteiger partial charge in [-0.3, -0.25) is 0 Å². The van der Waals surface area contributed by atoms with Gasteiger partial charge < -0.3 is 25.4 Å². The van der Waals surface area contributed by atoms with E-state index in [1.54, 1.807) is 12.3 Å². The Balaban J connectivity index is 1.40. The number of nitrogens with one attached hydrogen (secondary N) is 2. The summed E-state index contributed by atoms with van der Waals surface area (Å²) in [6.07, 6.45) is 6.46. The molecule has 1 aliphatic carbocycles. The molecule has 1 aromatic carbocycles. The molecule has 1 saturated carbocycles. The Morgan fingerprint density at radius 2 is 1.97 bits per heavy atom. The number of phenolic OH excluding ortho intramolecular Hbond substituents is 1. The number of hydrogen-bond acceptors (Lipinski definition) is 7. The molecule has 0 atom stereocenters. The van der Waals surface area contributed by atoms with Gasteiger partial charge in [-0.25, -0.2) is 4.98 Å². The van der Waals surface area contributed by atoms with Gasteiger partial charge in [-0.05, 0) is 68.8 Å². The molecule has 0 aliphatic heterocycles. The maximum absolute atomic E-state index is 9.81. The predicted octanol–water partition coefficient (Wildman–Crippen LogP) is 3.41. The number of hydrogen-bond donors (Lipinski definition) is 3. The Bertz CT molecular complexity index is 776. The molecule has 1 aliphatic rings. The minimum Gasteiger partial charge on any atom is -0.504 e. The van der Waals surface area contributed by atoms with Crippen LogP contribution in [0.5, 0.6) is 11.5 Å². The second-order valence-corrected chi connectivity index (χ2v) is 7.86. The van der Waals surface area contributed by atoms with Gasteiger partial charge in [-0.15, -0.1) is 0 Å². The van der Waals surface area contributed by atoms with Crippen LogP contribution in [0.3, 0.4) is 0 Å². The molecule has 1 heterocycles. The topological polar surface area (TPSA) is 82.5 Å². The molecule has 0 amide bonds. The molecule has 2 aromatic rings.